The Morgan fingerprint density at radius 1 is 1.43 bits per heavy atom. The van der Waals surface area contributed by atoms with E-state index in [4.69, 9.17) is 4.74 Å². The van der Waals surface area contributed by atoms with Gasteiger partial charge in [0.25, 0.3) is 5.91 Å². The van der Waals surface area contributed by atoms with Gasteiger partial charge in [0.1, 0.15) is 0 Å². The van der Waals surface area contributed by atoms with Gasteiger partial charge in [-0.3, -0.25) is 9.89 Å². The minimum atomic E-state index is -0.325. The van der Waals surface area contributed by atoms with Crippen molar-refractivity contribution in [1.82, 2.24) is 15.6 Å². The lowest BCUT2D eigenvalue weighted by molar-refractivity contribution is 0.0949. The van der Waals surface area contributed by atoms with E-state index in [2.05, 4.69) is 20.7 Å². The smallest absolute Gasteiger partial charge is 0.292 e. The molecule has 0 spiro atoms. The van der Waals surface area contributed by atoms with Gasteiger partial charge >= 0.3 is 0 Å². The highest BCUT2D eigenvalue weighted by Crippen LogP contribution is 2.26. The van der Waals surface area contributed by atoms with Crippen molar-refractivity contribution in [2.75, 3.05) is 7.11 Å². The summed E-state index contributed by atoms with van der Waals surface area (Å²) in [6, 6.07) is 4.89. The molecule has 3 rings (SSSR count). The lowest BCUT2D eigenvalue weighted by Crippen LogP contribution is -2.21. The molecule has 0 bridgehead atoms. The number of amides is 1. The van der Waals surface area contributed by atoms with Gasteiger partial charge in [0.2, 0.25) is 0 Å². The van der Waals surface area contributed by atoms with Crippen LogP contribution in [0.5, 0.6) is 11.5 Å². The summed E-state index contributed by atoms with van der Waals surface area (Å²) in [5, 5.41) is 20.7. The highest BCUT2D eigenvalue weighted by Gasteiger charge is 2.22. The van der Waals surface area contributed by atoms with Gasteiger partial charge < -0.3 is 9.84 Å². The van der Waals surface area contributed by atoms with E-state index >= 15 is 0 Å². The molecule has 1 aromatic heterocycles. The highest BCUT2D eigenvalue weighted by atomic mass is 16.5. The van der Waals surface area contributed by atoms with Crippen LogP contribution in [0.3, 0.4) is 0 Å². The molecule has 0 radical (unpaired) electrons. The van der Waals surface area contributed by atoms with Crippen molar-refractivity contribution in [3.05, 3.63) is 40.7 Å². The SMILES string of the molecule is COc1cc(/C(C)=N\NC(=O)c2n[nH]c3c2CCC3)ccc1O. The van der Waals surface area contributed by atoms with Crippen LogP contribution in [0, 0.1) is 0 Å². The van der Waals surface area contributed by atoms with Crippen molar-refractivity contribution in [3.8, 4) is 11.5 Å². The van der Waals surface area contributed by atoms with Gasteiger partial charge in [-0.1, -0.05) is 0 Å². The van der Waals surface area contributed by atoms with Gasteiger partial charge in [0, 0.05) is 16.8 Å². The molecule has 23 heavy (non-hydrogen) atoms. The number of H-pyrrole nitrogens is 1. The van der Waals surface area contributed by atoms with E-state index in [1.807, 2.05) is 0 Å². The van der Waals surface area contributed by atoms with E-state index in [0.717, 1.165) is 36.1 Å². The average molecular weight is 314 g/mol. The summed E-state index contributed by atoms with van der Waals surface area (Å²) in [5.41, 5.74) is 6.31. The van der Waals surface area contributed by atoms with Crippen molar-refractivity contribution >= 4 is 11.6 Å². The van der Waals surface area contributed by atoms with Crippen LogP contribution in [0.4, 0.5) is 0 Å². The number of phenols is 1. The molecule has 1 aliphatic rings. The first kappa shape index (κ1) is 15.1. The monoisotopic (exact) mass is 314 g/mol. The number of phenolic OH excluding ortho intramolecular Hbond substituents is 1. The zero-order valence-corrected chi connectivity index (χ0v) is 13.0. The summed E-state index contributed by atoms with van der Waals surface area (Å²) in [6.45, 7) is 1.76. The molecule has 1 aromatic carbocycles. The number of aromatic hydroxyl groups is 1. The lowest BCUT2D eigenvalue weighted by atomic mass is 10.1. The van der Waals surface area contributed by atoms with Gasteiger partial charge in [0.05, 0.1) is 12.8 Å². The molecule has 2 aromatic rings. The maximum absolute atomic E-state index is 12.2. The number of nitrogens with one attached hydrogen (secondary N) is 2. The van der Waals surface area contributed by atoms with Crippen molar-refractivity contribution in [3.63, 3.8) is 0 Å². The number of carbonyl (C=O) groups excluding carboxylic acids is 1. The van der Waals surface area contributed by atoms with Gasteiger partial charge in [-0.25, -0.2) is 5.43 Å². The predicted molar refractivity (Wildman–Crippen MR) is 84.9 cm³/mol. The maximum atomic E-state index is 12.2. The molecule has 0 fully saturated rings. The van der Waals surface area contributed by atoms with Gasteiger partial charge in [0.15, 0.2) is 17.2 Å². The molecule has 1 heterocycles. The van der Waals surface area contributed by atoms with E-state index in [0.29, 0.717) is 17.2 Å². The maximum Gasteiger partial charge on any atom is 0.292 e. The van der Waals surface area contributed by atoms with Crippen LogP contribution in [0.2, 0.25) is 0 Å². The van der Waals surface area contributed by atoms with Crippen molar-refractivity contribution in [1.29, 1.82) is 0 Å². The minimum Gasteiger partial charge on any atom is -0.504 e. The van der Waals surface area contributed by atoms with Gasteiger partial charge in [-0.15, -0.1) is 0 Å². The Morgan fingerprint density at radius 3 is 3.04 bits per heavy atom. The summed E-state index contributed by atoms with van der Waals surface area (Å²) >= 11 is 0. The second-order valence-corrected chi connectivity index (χ2v) is 5.41. The Morgan fingerprint density at radius 2 is 2.26 bits per heavy atom. The van der Waals surface area contributed by atoms with E-state index in [1.165, 1.54) is 13.2 Å². The number of benzene rings is 1. The molecule has 0 saturated carbocycles. The molecule has 1 amide bonds. The molecule has 3 N–H and O–H groups in total. The van der Waals surface area contributed by atoms with Gasteiger partial charge in [-0.05, 0) is 44.4 Å². The minimum absolute atomic E-state index is 0.0557. The Kier molecular flexibility index (Phi) is 4.01. The second-order valence-electron chi connectivity index (χ2n) is 5.41. The molecule has 120 valence electrons. The van der Waals surface area contributed by atoms with Crippen LogP contribution in [-0.2, 0) is 12.8 Å². The van der Waals surface area contributed by atoms with E-state index < -0.39 is 0 Å². The second kappa shape index (κ2) is 6.12. The Bertz CT molecular complexity index is 780. The number of carbonyl (C=O) groups is 1. The van der Waals surface area contributed by atoms with Crippen molar-refractivity contribution in [2.45, 2.75) is 26.2 Å². The summed E-state index contributed by atoms with van der Waals surface area (Å²) in [4.78, 5) is 12.2. The number of aromatic amines is 1. The first-order valence-corrected chi connectivity index (χ1v) is 7.38. The van der Waals surface area contributed by atoms with Crippen LogP contribution < -0.4 is 10.2 Å². The standard InChI is InChI=1S/C16H18N4O3/c1-9(10-6-7-13(21)14(8-10)23-2)17-20-16(22)15-11-4-3-5-12(11)18-19-15/h6-8,21H,3-5H2,1-2H3,(H,18,19)(H,20,22)/b17-9-. The number of nitrogens with zero attached hydrogens (tertiary/aromatic N) is 2. The third-order valence-corrected chi connectivity index (χ3v) is 3.94. The summed E-state index contributed by atoms with van der Waals surface area (Å²) < 4.78 is 5.06. The number of fused-ring (bicyclic) bond motifs is 1. The number of aromatic nitrogens is 2. The van der Waals surface area contributed by atoms with E-state index in [-0.39, 0.29) is 11.7 Å². The van der Waals surface area contributed by atoms with E-state index in [1.54, 1.807) is 19.1 Å². The number of hydrogen-bond donors (Lipinski definition) is 3. The summed E-state index contributed by atoms with van der Waals surface area (Å²) in [5.74, 6) is 0.0863. The number of hydrazone groups is 1. The lowest BCUT2D eigenvalue weighted by Gasteiger charge is -2.06. The Balaban J connectivity index is 1.75. The highest BCUT2D eigenvalue weighted by molar-refractivity contribution is 6.01. The molecule has 0 aliphatic heterocycles. The summed E-state index contributed by atoms with van der Waals surface area (Å²) in [7, 11) is 1.48. The number of rotatable bonds is 4. The molecule has 0 unspecified atom stereocenters. The summed E-state index contributed by atoms with van der Waals surface area (Å²) in [6.07, 6.45) is 2.84. The van der Waals surface area contributed by atoms with Crippen LogP contribution in [-0.4, -0.2) is 34.0 Å². The van der Waals surface area contributed by atoms with Crippen molar-refractivity contribution in [2.24, 2.45) is 5.10 Å². The Labute approximate surface area is 133 Å². The van der Waals surface area contributed by atoms with Crippen LogP contribution >= 0.6 is 0 Å². The molecule has 0 saturated heterocycles. The van der Waals surface area contributed by atoms with Crippen LogP contribution in [0.1, 0.15) is 40.7 Å². The number of methoxy groups -OCH3 is 1. The van der Waals surface area contributed by atoms with E-state index in [9.17, 15) is 9.90 Å². The number of hydrogen-bond acceptors (Lipinski definition) is 5. The fourth-order valence-corrected chi connectivity index (χ4v) is 2.66. The Hall–Kier alpha value is -2.83. The molecule has 0 atom stereocenters. The predicted octanol–water partition coefficient (Wildman–Crippen LogP) is 1.77. The number of aryl methyl sites for hydroxylation is 1. The molecule has 7 nitrogen and oxygen atoms in total. The van der Waals surface area contributed by atoms with Gasteiger partial charge in [-0.2, -0.15) is 10.2 Å². The van der Waals surface area contributed by atoms with Crippen LogP contribution in [0.25, 0.3) is 0 Å². The first-order chi connectivity index (χ1) is 11.1. The fraction of sp³-hybridized carbons (Fsp3) is 0.312. The molecule has 7 heteroatoms. The van der Waals surface area contributed by atoms with Crippen LogP contribution in [0.15, 0.2) is 23.3 Å². The fourth-order valence-electron chi connectivity index (χ4n) is 2.66. The largest absolute Gasteiger partial charge is 0.504 e. The first-order valence-electron chi connectivity index (χ1n) is 7.38. The van der Waals surface area contributed by atoms with Crippen molar-refractivity contribution < 1.29 is 14.6 Å². The molecule has 1 aliphatic carbocycles. The zero-order valence-electron chi connectivity index (χ0n) is 13.0. The third-order valence-electron chi connectivity index (χ3n) is 3.94. The molecular formula is C16H18N4O3. The quantitative estimate of drug-likeness (QED) is 0.591. The normalized spacial score (nSPS) is 13.7. The molecular weight excluding hydrogens is 296 g/mol. The third kappa shape index (κ3) is 2.90. The topological polar surface area (TPSA) is 99.6 Å². The number of ether oxygens (including phenoxy) is 1. The zero-order chi connectivity index (χ0) is 16.4. The average Bonchev–Trinajstić information content (AvgIpc) is 3.15.